The second kappa shape index (κ2) is 5.73. The number of carbonyl (C=O) groups is 1. The highest BCUT2D eigenvalue weighted by Gasteiger charge is 2.34. The number of halogens is 4. The monoisotopic (exact) mass is 350 g/mol. The Kier molecular flexibility index (Phi) is 4.39. The van der Waals surface area contributed by atoms with Gasteiger partial charge in [-0.2, -0.15) is 13.2 Å². The van der Waals surface area contributed by atoms with Crippen LogP contribution in [0, 0.1) is 0 Å². The molecule has 110 valence electrons. The van der Waals surface area contributed by atoms with E-state index in [1.165, 1.54) is 6.07 Å². The van der Waals surface area contributed by atoms with Crippen LogP contribution < -0.4 is 11.1 Å². The second-order valence-electron chi connectivity index (χ2n) is 4.85. The van der Waals surface area contributed by atoms with Crippen molar-refractivity contribution in [2.45, 2.75) is 31.5 Å². The summed E-state index contributed by atoms with van der Waals surface area (Å²) in [5.41, 5.74) is 4.01. The van der Waals surface area contributed by atoms with Crippen molar-refractivity contribution in [1.29, 1.82) is 0 Å². The molecule has 7 heteroatoms. The van der Waals surface area contributed by atoms with Crippen LogP contribution in [-0.4, -0.2) is 18.4 Å². The van der Waals surface area contributed by atoms with Gasteiger partial charge in [0.1, 0.15) is 0 Å². The van der Waals surface area contributed by atoms with Crippen LogP contribution in [0.25, 0.3) is 0 Å². The van der Waals surface area contributed by atoms with E-state index in [9.17, 15) is 18.0 Å². The van der Waals surface area contributed by atoms with Crippen molar-refractivity contribution >= 4 is 27.4 Å². The van der Waals surface area contributed by atoms with Gasteiger partial charge in [0.2, 0.25) is 0 Å². The van der Waals surface area contributed by atoms with Crippen LogP contribution >= 0.6 is 15.9 Å². The Morgan fingerprint density at radius 2 is 2.05 bits per heavy atom. The lowest BCUT2D eigenvalue weighted by molar-refractivity contribution is -0.136. The van der Waals surface area contributed by atoms with Gasteiger partial charge >= 0.3 is 6.18 Å². The molecular weight excluding hydrogens is 337 g/mol. The van der Waals surface area contributed by atoms with E-state index in [4.69, 9.17) is 5.73 Å². The molecule has 1 aliphatic carbocycles. The zero-order valence-electron chi connectivity index (χ0n) is 10.6. The quantitative estimate of drug-likeness (QED) is 0.646. The molecule has 1 aromatic rings. The van der Waals surface area contributed by atoms with E-state index in [0.717, 1.165) is 25.3 Å². The summed E-state index contributed by atoms with van der Waals surface area (Å²) in [7, 11) is 0. The highest BCUT2D eigenvalue weighted by molar-refractivity contribution is 9.10. The van der Waals surface area contributed by atoms with Gasteiger partial charge in [-0.1, -0.05) is 6.42 Å². The minimum Gasteiger partial charge on any atom is -0.397 e. The first-order valence-electron chi connectivity index (χ1n) is 6.22. The normalized spacial score (nSPS) is 16.0. The zero-order valence-corrected chi connectivity index (χ0v) is 12.1. The fourth-order valence-electron chi connectivity index (χ4n) is 1.96. The summed E-state index contributed by atoms with van der Waals surface area (Å²) in [5.74, 6) is -0.372. The first kappa shape index (κ1) is 15.3. The SMILES string of the molecule is Nc1c(Br)cc(C(=O)CNC2CCC2)cc1C(F)(F)F. The summed E-state index contributed by atoms with van der Waals surface area (Å²) in [6, 6.07) is 2.44. The van der Waals surface area contributed by atoms with Crippen molar-refractivity contribution in [3.8, 4) is 0 Å². The molecule has 0 spiro atoms. The van der Waals surface area contributed by atoms with Crippen LogP contribution in [0.5, 0.6) is 0 Å². The molecule has 1 saturated carbocycles. The van der Waals surface area contributed by atoms with Gasteiger partial charge < -0.3 is 11.1 Å². The summed E-state index contributed by atoms with van der Waals surface area (Å²) in [6.07, 6.45) is -1.44. The van der Waals surface area contributed by atoms with Crippen molar-refractivity contribution in [3.05, 3.63) is 27.7 Å². The lowest BCUT2D eigenvalue weighted by Crippen LogP contribution is -2.38. The van der Waals surface area contributed by atoms with Crippen LogP contribution in [0.4, 0.5) is 18.9 Å². The largest absolute Gasteiger partial charge is 0.418 e. The number of benzene rings is 1. The maximum Gasteiger partial charge on any atom is 0.418 e. The van der Waals surface area contributed by atoms with E-state index in [0.29, 0.717) is 6.04 Å². The molecule has 0 unspecified atom stereocenters. The maximum absolute atomic E-state index is 12.8. The van der Waals surface area contributed by atoms with E-state index in [2.05, 4.69) is 21.2 Å². The average Bonchev–Trinajstić information content (AvgIpc) is 2.28. The molecule has 0 atom stereocenters. The lowest BCUT2D eigenvalue weighted by atomic mass is 9.93. The van der Waals surface area contributed by atoms with Crippen LogP contribution in [0.2, 0.25) is 0 Å². The highest BCUT2D eigenvalue weighted by Crippen LogP contribution is 2.38. The number of ketones is 1. The van der Waals surface area contributed by atoms with E-state index in [-0.39, 0.29) is 22.4 Å². The molecule has 0 saturated heterocycles. The highest BCUT2D eigenvalue weighted by atomic mass is 79.9. The van der Waals surface area contributed by atoms with Gasteiger partial charge in [0.15, 0.2) is 5.78 Å². The minimum absolute atomic E-state index is 0.00484. The predicted molar refractivity (Wildman–Crippen MR) is 73.5 cm³/mol. The number of carbonyl (C=O) groups excluding carboxylic acids is 1. The number of nitrogens with one attached hydrogen (secondary N) is 1. The van der Waals surface area contributed by atoms with Crippen molar-refractivity contribution in [2.24, 2.45) is 0 Å². The van der Waals surface area contributed by atoms with E-state index >= 15 is 0 Å². The Hall–Kier alpha value is -1.08. The second-order valence-corrected chi connectivity index (χ2v) is 5.70. The van der Waals surface area contributed by atoms with Crippen molar-refractivity contribution in [3.63, 3.8) is 0 Å². The smallest absolute Gasteiger partial charge is 0.397 e. The van der Waals surface area contributed by atoms with Gasteiger partial charge in [-0.3, -0.25) is 4.79 Å². The van der Waals surface area contributed by atoms with Crippen LogP contribution in [0.15, 0.2) is 16.6 Å². The summed E-state index contributed by atoms with van der Waals surface area (Å²) in [6.45, 7) is 0.0400. The topological polar surface area (TPSA) is 55.1 Å². The number of Topliss-reactive ketones (excluding diaryl/α,β-unsaturated/α-hetero) is 1. The van der Waals surface area contributed by atoms with Crippen molar-refractivity contribution < 1.29 is 18.0 Å². The molecule has 0 amide bonds. The van der Waals surface area contributed by atoms with Crippen LogP contribution in [0.3, 0.4) is 0 Å². The molecule has 3 nitrogen and oxygen atoms in total. The van der Waals surface area contributed by atoms with Gasteiger partial charge in [0.05, 0.1) is 17.8 Å². The van der Waals surface area contributed by atoms with Crippen LogP contribution in [-0.2, 0) is 6.18 Å². The van der Waals surface area contributed by atoms with Gasteiger partial charge in [0.25, 0.3) is 0 Å². The Morgan fingerprint density at radius 3 is 2.55 bits per heavy atom. The third-order valence-electron chi connectivity index (χ3n) is 3.41. The molecule has 3 N–H and O–H groups in total. The molecule has 0 radical (unpaired) electrons. The number of nitrogen functional groups attached to an aromatic ring is 1. The third kappa shape index (κ3) is 3.32. The number of nitrogens with two attached hydrogens (primary N) is 1. The molecule has 0 bridgehead atoms. The fraction of sp³-hybridized carbons (Fsp3) is 0.462. The first-order valence-corrected chi connectivity index (χ1v) is 7.01. The van der Waals surface area contributed by atoms with Crippen molar-refractivity contribution in [2.75, 3.05) is 12.3 Å². The number of alkyl halides is 3. The van der Waals surface area contributed by atoms with Gasteiger partial charge in [0, 0.05) is 16.1 Å². The minimum atomic E-state index is -4.58. The molecule has 1 aromatic carbocycles. The average molecular weight is 351 g/mol. The van der Waals surface area contributed by atoms with Gasteiger partial charge in [-0.15, -0.1) is 0 Å². The Bertz CT molecular complexity index is 527. The van der Waals surface area contributed by atoms with Crippen LogP contribution in [0.1, 0.15) is 35.2 Å². The van der Waals surface area contributed by atoms with Gasteiger partial charge in [-0.25, -0.2) is 0 Å². The van der Waals surface area contributed by atoms with E-state index in [1.807, 2.05) is 0 Å². The van der Waals surface area contributed by atoms with E-state index < -0.39 is 17.4 Å². The predicted octanol–water partition coefficient (Wildman–Crippen LogP) is 3.37. The summed E-state index contributed by atoms with van der Waals surface area (Å²) >= 11 is 2.96. The third-order valence-corrected chi connectivity index (χ3v) is 4.07. The Labute approximate surface area is 122 Å². The number of hydrogen-bond donors (Lipinski definition) is 2. The number of anilines is 1. The molecule has 20 heavy (non-hydrogen) atoms. The summed E-state index contributed by atoms with van der Waals surface area (Å²) in [4.78, 5) is 11.9. The number of rotatable bonds is 4. The molecule has 0 aliphatic heterocycles. The summed E-state index contributed by atoms with van der Waals surface area (Å²) < 4.78 is 38.5. The van der Waals surface area contributed by atoms with E-state index in [1.54, 1.807) is 0 Å². The lowest BCUT2D eigenvalue weighted by Gasteiger charge is -2.26. The zero-order chi connectivity index (χ0) is 14.9. The maximum atomic E-state index is 12.8. The summed E-state index contributed by atoms with van der Waals surface area (Å²) in [5, 5.41) is 3.03. The Morgan fingerprint density at radius 1 is 1.40 bits per heavy atom. The van der Waals surface area contributed by atoms with Gasteiger partial charge in [-0.05, 0) is 40.9 Å². The van der Waals surface area contributed by atoms with Crippen molar-refractivity contribution in [1.82, 2.24) is 5.32 Å². The first-order chi connectivity index (χ1) is 9.29. The molecule has 0 aromatic heterocycles. The molecule has 2 rings (SSSR count). The Balaban J connectivity index is 2.18. The molecule has 0 heterocycles. The fourth-order valence-corrected chi connectivity index (χ4v) is 2.43. The molecule has 1 aliphatic rings. The molecule has 1 fully saturated rings. The standard InChI is InChI=1S/C13H14BrF3N2O/c14-10-5-7(4-9(12(10)18)13(15,16)17)11(20)6-19-8-2-1-3-8/h4-5,8,19H,1-3,6,18H2. The number of hydrogen-bond acceptors (Lipinski definition) is 3. The molecular formula is C13H14BrF3N2O.